The zero-order chi connectivity index (χ0) is 11.0. The molecule has 3 rings (SSSR count). The smallest absolute Gasteiger partial charge is 0.0733 e. The maximum atomic E-state index is 10.8. The van der Waals surface area contributed by atoms with Gasteiger partial charge in [0.2, 0.25) is 0 Å². The third kappa shape index (κ3) is 1.52. The monoisotopic (exact) mass is 217 g/mol. The standard InChI is InChI=1S/C14H19NO/c16-14(8-4-1-5-9-14)12-10-15-13-7-3-2-6-11(12)13/h2-3,6-7,12,15-16H,1,4-5,8-10H2. The molecular formula is C14H19NO. The molecule has 1 atom stereocenters. The lowest BCUT2D eigenvalue weighted by atomic mass is 9.73. The molecule has 1 aliphatic heterocycles. The molecule has 2 heteroatoms. The van der Waals surface area contributed by atoms with Crippen LogP contribution in [0.4, 0.5) is 5.69 Å². The van der Waals surface area contributed by atoms with Gasteiger partial charge < -0.3 is 10.4 Å². The SMILES string of the molecule is OC1(C2CNc3ccccc32)CCCCC1. The lowest BCUT2D eigenvalue weighted by Gasteiger charge is -2.37. The van der Waals surface area contributed by atoms with Gasteiger partial charge in [-0.05, 0) is 24.5 Å². The minimum atomic E-state index is -0.460. The summed E-state index contributed by atoms with van der Waals surface area (Å²) in [7, 11) is 0. The van der Waals surface area contributed by atoms with Crippen LogP contribution in [-0.2, 0) is 0 Å². The normalized spacial score (nSPS) is 27.2. The molecule has 1 fully saturated rings. The molecule has 0 amide bonds. The van der Waals surface area contributed by atoms with Gasteiger partial charge in [-0.1, -0.05) is 37.5 Å². The van der Waals surface area contributed by atoms with E-state index in [0.717, 1.165) is 19.4 Å². The summed E-state index contributed by atoms with van der Waals surface area (Å²) < 4.78 is 0. The Morgan fingerprint density at radius 3 is 2.69 bits per heavy atom. The van der Waals surface area contributed by atoms with Gasteiger partial charge in [-0.2, -0.15) is 0 Å². The Balaban J connectivity index is 1.91. The zero-order valence-electron chi connectivity index (χ0n) is 9.58. The van der Waals surface area contributed by atoms with Crippen molar-refractivity contribution in [2.24, 2.45) is 0 Å². The Bertz CT molecular complexity index is 382. The number of nitrogens with one attached hydrogen (secondary N) is 1. The highest BCUT2D eigenvalue weighted by Gasteiger charge is 2.41. The molecule has 1 unspecified atom stereocenters. The summed E-state index contributed by atoms with van der Waals surface area (Å²) in [6.07, 6.45) is 5.57. The van der Waals surface area contributed by atoms with Crippen LogP contribution in [-0.4, -0.2) is 17.3 Å². The van der Waals surface area contributed by atoms with Crippen LogP contribution < -0.4 is 5.32 Å². The summed E-state index contributed by atoms with van der Waals surface area (Å²) in [5.41, 5.74) is 2.07. The lowest BCUT2D eigenvalue weighted by Crippen LogP contribution is -2.39. The predicted molar refractivity (Wildman–Crippen MR) is 65.7 cm³/mol. The molecule has 16 heavy (non-hydrogen) atoms. The van der Waals surface area contributed by atoms with Crippen molar-refractivity contribution < 1.29 is 5.11 Å². The van der Waals surface area contributed by atoms with E-state index in [1.54, 1.807) is 0 Å². The summed E-state index contributed by atoms with van der Waals surface area (Å²) in [5, 5.41) is 14.2. The van der Waals surface area contributed by atoms with Crippen molar-refractivity contribution in [2.75, 3.05) is 11.9 Å². The average molecular weight is 217 g/mol. The molecule has 0 radical (unpaired) electrons. The predicted octanol–water partition coefficient (Wildman–Crippen LogP) is 2.89. The summed E-state index contributed by atoms with van der Waals surface area (Å²) in [6.45, 7) is 0.899. The van der Waals surface area contributed by atoms with Crippen molar-refractivity contribution in [1.82, 2.24) is 0 Å². The molecule has 2 aliphatic rings. The van der Waals surface area contributed by atoms with Crippen molar-refractivity contribution in [3.63, 3.8) is 0 Å². The van der Waals surface area contributed by atoms with Crippen molar-refractivity contribution in [3.05, 3.63) is 29.8 Å². The first-order valence-corrected chi connectivity index (χ1v) is 6.35. The Morgan fingerprint density at radius 2 is 1.88 bits per heavy atom. The van der Waals surface area contributed by atoms with E-state index in [1.165, 1.54) is 30.5 Å². The van der Waals surface area contributed by atoms with Crippen LogP contribution in [0.2, 0.25) is 0 Å². The van der Waals surface area contributed by atoms with E-state index in [9.17, 15) is 5.11 Å². The molecule has 2 N–H and O–H groups in total. The number of rotatable bonds is 1. The second kappa shape index (κ2) is 3.77. The molecule has 1 saturated carbocycles. The first-order valence-electron chi connectivity index (χ1n) is 6.35. The van der Waals surface area contributed by atoms with Crippen LogP contribution in [0.5, 0.6) is 0 Å². The number of fused-ring (bicyclic) bond motifs is 1. The maximum absolute atomic E-state index is 10.8. The van der Waals surface area contributed by atoms with Crippen LogP contribution in [0.15, 0.2) is 24.3 Å². The molecule has 1 aromatic rings. The van der Waals surface area contributed by atoms with Crippen LogP contribution >= 0.6 is 0 Å². The number of hydrogen-bond acceptors (Lipinski definition) is 2. The van der Waals surface area contributed by atoms with Crippen molar-refractivity contribution in [1.29, 1.82) is 0 Å². The topological polar surface area (TPSA) is 32.3 Å². The second-order valence-corrected chi connectivity index (χ2v) is 5.18. The van der Waals surface area contributed by atoms with E-state index < -0.39 is 5.60 Å². The number of para-hydroxylation sites is 1. The molecule has 0 spiro atoms. The van der Waals surface area contributed by atoms with Gasteiger partial charge in [0.15, 0.2) is 0 Å². The summed E-state index contributed by atoms with van der Waals surface area (Å²) in [5.74, 6) is 0.295. The van der Waals surface area contributed by atoms with E-state index in [1.807, 2.05) is 0 Å². The highest BCUT2D eigenvalue weighted by atomic mass is 16.3. The van der Waals surface area contributed by atoms with E-state index in [0.29, 0.717) is 5.92 Å². The van der Waals surface area contributed by atoms with Gasteiger partial charge >= 0.3 is 0 Å². The summed E-state index contributed by atoms with van der Waals surface area (Å²) in [6, 6.07) is 8.40. The fourth-order valence-corrected chi connectivity index (χ4v) is 3.28. The van der Waals surface area contributed by atoms with E-state index in [-0.39, 0.29) is 0 Å². The maximum Gasteiger partial charge on any atom is 0.0733 e. The second-order valence-electron chi connectivity index (χ2n) is 5.18. The molecule has 0 bridgehead atoms. The van der Waals surface area contributed by atoms with Crippen molar-refractivity contribution >= 4 is 5.69 Å². The zero-order valence-corrected chi connectivity index (χ0v) is 9.58. The minimum absolute atomic E-state index is 0.295. The quantitative estimate of drug-likeness (QED) is 0.758. The van der Waals surface area contributed by atoms with Gasteiger partial charge in [0.05, 0.1) is 5.60 Å². The van der Waals surface area contributed by atoms with Gasteiger partial charge in [-0.3, -0.25) is 0 Å². The number of hydrogen-bond donors (Lipinski definition) is 2. The van der Waals surface area contributed by atoms with Crippen LogP contribution in [0, 0.1) is 0 Å². The molecule has 1 heterocycles. The summed E-state index contributed by atoms with van der Waals surface area (Å²) in [4.78, 5) is 0. The highest BCUT2D eigenvalue weighted by Crippen LogP contribution is 2.44. The van der Waals surface area contributed by atoms with Gasteiger partial charge in [-0.15, -0.1) is 0 Å². The molecule has 86 valence electrons. The largest absolute Gasteiger partial charge is 0.389 e. The van der Waals surface area contributed by atoms with Crippen molar-refractivity contribution in [3.8, 4) is 0 Å². The van der Waals surface area contributed by atoms with Gasteiger partial charge in [-0.25, -0.2) is 0 Å². The fourth-order valence-electron chi connectivity index (χ4n) is 3.28. The van der Waals surface area contributed by atoms with E-state index in [2.05, 4.69) is 29.6 Å². The molecule has 0 aromatic heterocycles. The van der Waals surface area contributed by atoms with Crippen LogP contribution in [0.1, 0.15) is 43.6 Å². The number of benzene rings is 1. The Hall–Kier alpha value is -1.02. The van der Waals surface area contributed by atoms with E-state index in [4.69, 9.17) is 0 Å². The highest BCUT2D eigenvalue weighted by molar-refractivity contribution is 5.58. The van der Waals surface area contributed by atoms with Crippen LogP contribution in [0.25, 0.3) is 0 Å². The van der Waals surface area contributed by atoms with Crippen molar-refractivity contribution in [2.45, 2.75) is 43.6 Å². The summed E-state index contributed by atoms with van der Waals surface area (Å²) >= 11 is 0. The molecular weight excluding hydrogens is 198 g/mol. The first kappa shape index (κ1) is 10.2. The van der Waals surface area contributed by atoms with Gasteiger partial charge in [0.25, 0.3) is 0 Å². The Kier molecular flexibility index (Phi) is 2.40. The Morgan fingerprint density at radius 1 is 1.12 bits per heavy atom. The number of anilines is 1. The lowest BCUT2D eigenvalue weighted by molar-refractivity contribution is -0.0165. The minimum Gasteiger partial charge on any atom is -0.389 e. The first-order chi connectivity index (χ1) is 7.80. The molecule has 0 saturated heterocycles. The fraction of sp³-hybridized carbons (Fsp3) is 0.571. The molecule has 1 aromatic carbocycles. The van der Waals surface area contributed by atoms with E-state index >= 15 is 0 Å². The number of aliphatic hydroxyl groups is 1. The third-order valence-corrected chi connectivity index (χ3v) is 4.20. The van der Waals surface area contributed by atoms with Crippen LogP contribution in [0.3, 0.4) is 0 Å². The Labute approximate surface area is 96.7 Å². The average Bonchev–Trinajstić information content (AvgIpc) is 2.74. The third-order valence-electron chi connectivity index (χ3n) is 4.20. The molecule has 2 nitrogen and oxygen atoms in total. The molecule has 1 aliphatic carbocycles. The van der Waals surface area contributed by atoms with Gasteiger partial charge in [0, 0.05) is 18.2 Å². The van der Waals surface area contributed by atoms with Gasteiger partial charge in [0.1, 0.15) is 0 Å².